The van der Waals surface area contributed by atoms with Crippen molar-refractivity contribution in [3.8, 4) is 28.7 Å². The third-order valence-electron chi connectivity index (χ3n) is 5.23. The molecule has 2 aliphatic rings. The van der Waals surface area contributed by atoms with Gasteiger partial charge in [-0.3, -0.25) is 4.79 Å². The molecule has 2 aliphatic heterocycles. The van der Waals surface area contributed by atoms with Crippen LogP contribution in [0.3, 0.4) is 0 Å². The molecule has 6 atom stereocenters. The second-order valence-electron chi connectivity index (χ2n) is 7.21. The Kier molecular flexibility index (Phi) is 5.37. The van der Waals surface area contributed by atoms with Crippen LogP contribution in [0.25, 0.3) is 0 Å². The van der Waals surface area contributed by atoms with Crippen LogP contribution in [0.4, 0.5) is 0 Å². The number of hydrogen-bond acceptors (Lipinski definition) is 11. The van der Waals surface area contributed by atoms with E-state index in [0.29, 0.717) is 0 Å². The van der Waals surface area contributed by atoms with E-state index >= 15 is 0 Å². The van der Waals surface area contributed by atoms with Crippen molar-refractivity contribution in [1.82, 2.24) is 0 Å². The van der Waals surface area contributed by atoms with E-state index in [2.05, 4.69) is 0 Å². The third-order valence-corrected chi connectivity index (χ3v) is 5.23. The smallest absolute Gasteiger partial charge is 0.229 e. The largest absolute Gasteiger partial charge is 0.504 e. The number of Topliss-reactive ketones (excluding diaryl/α,β-unsaturated/α-hetero) is 1. The molecule has 31 heavy (non-hydrogen) atoms. The zero-order valence-electron chi connectivity index (χ0n) is 15.8. The highest BCUT2D eigenvalue weighted by Crippen LogP contribution is 2.48. The lowest BCUT2D eigenvalue weighted by molar-refractivity contribution is -0.277. The predicted octanol–water partition coefficient (Wildman–Crippen LogP) is -0.702. The van der Waals surface area contributed by atoms with Gasteiger partial charge in [-0.1, -0.05) is 6.07 Å². The van der Waals surface area contributed by atoms with Crippen molar-refractivity contribution in [2.75, 3.05) is 6.61 Å². The number of ketones is 1. The minimum atomic E-state index is -1.69. The van der Waals surface area contributed by atoms with Crippen LogP contribution in [0.1, 0.15) is 22.0 Å². The van der Waals surface area contributed by atoms with E-state index in [9.17, 15) is 40.5 Å². The Bertz CT molecular complexity index is 1000. The van der Waals surface area contributed by atoms with Gasteiger partial charge in [0.25, 0.3) is 0 Å². The highest BCUT2D eigenvalue weighted by Gasteiger charge is 2.45. The molecule has 0 bridgehead atoms. The van der Waals surface area contributed by atoms with Crippen molar-refractivity contribution < 1.29 is 54.8 Å². The van der Waals surface area contributed by atoms with E-state index < -0.39 is 60.7 Å². The Labute approximate surface area is 174 Å². The predicted molar refractivity (Wildman–Crippen MR) is 100.0 cm³/mol. The second kappa shape index (κ2) is 7.87. The van der Waals surface area contributed by atoms with Crippen LogP contribution in [0.2, 0.25) is 0 Å². The monoisotopic (exact) mass is 436 g/mol. The first-order valence-electron chi connectivity index (χ1n) is 9.28. The summed E-state index contributed by atoms with van der Waals surface area (Å²) >= 11 is 0. The summed E-state index contributed by atoms with van der Waals surface area (Å²) in [6.07, 6.45) is -8.87. The average molecular weight is 436 g/mol. The summed E-state index contributed by atoms with van der Waals surface area (Å²) in [5.74, 6) is -2.34. The number of phenols is 3. The molecule has 0 radical (unpaired) electrons. The molecule has 11 nitrogen and oxygen atoms in total. The summed E-state index contributed by atoms with van der Waals surface area (Å²) in [5, 5.41) is 68.7. The molecule has 0 spiro atoms. The minimum absolute atomic E-state index is 0.0382. The van der Waals surface area contributed by atoms with Gasteiger partial charge in [0.15, 0.2) is 29.1 Å². The summed E-state index contributed by atoms with van der Waals surface area (Å²) in [4.78, 5) is 12.7. The number of carbonyl (C=O) groups is 1. The molecule has 4 rings (SSSR count). The maximum absolute atomic E-state index is 12.7. The number of fused-ring (bicyclic) bond motifs is 1. The summed E-state index contributed by atoms with van der Waals surface area (Å²) in [6, 6.07) is 6.28. The number of aromatic hydroxyl groups is 3. The van der Waals surface area contributed by atoms with Crippen LogP contribution in [-0.2, 0) is 4.74 Å². The van der Waals surface area contributed by atoms with Gasteiger partial charge in [-0.15, -0.1) is 0 Å². The summed E-state index contributed by atoms with van der Waals surface area (Å²) in [7, 11) is 0. The van der Waals surface area contributed by atoms with Crippen LogP contribution in [0.15, 0.2) is 30.3 Å². The van der Waals surface area contributed by atoms with E-state index in [4.69, 9.17) is 14.2 Å². The van der Waals surface area contributed by atoms with Crippen molar-refractivity contribution in [2.24, 2.45) is 0 Å². The number of phenolic OH excluding ortho intramolecular Hbond substituents is 3. The van der Waals surface area contributed by atoms with E-state index in [-0.39, 0.29) is 28.4 Å². The van der Waals surface area contributed by atoms with Crippen molar-refractivity contribution in [3.05, 3.63) is 41.5 Å². The maximum Gasteiger partial charge on any atom is 0.229 e. The molecule has 0 amide bonds. The van der Waals surface area contributed by atoms with Crippen molar-refractivity contribution >= 4 is 5.78 Å². The summed E-state index contributed by atoms with van der Waals surface area (Å²) in [5.41, 5.74) is 0.281. The molecule has 2 aromatic carbocycles. The average Bonchev–Trinajstić information content (AvgIpc) is 3.09. The number of ether oxygens (including phenoxy) is 3. The Morgan fingerprint density at radius 3 is 2.35 bits per heavy atom. The fraction of sp³-hybridized carbons (Fsp3) is 0.350. The van der Waals surface area contributed by atoms with Gasteiger partial charge in [-0.05, 0) is 24.3 Å². The van der Waals surface area contributed by atoms with Crippen LogP contribution in [0.5, 0.6) is 28.7 Å². The molecule has 7 N–H and O–H groups in total. The molecule has 2 aromatic rings. The minimum Gasteiger partial charge on any atom is -0.504 e. The van der Waals surface area contributed by atoms with Crippen LogP contribution in [-0.4, -0.2) is 78.8 Å². The molecule has 2 heterocycles. The number of aliphatic hydroxyl groups is 4. The van der Waals surface area contributed by atoms with Gasteiger partial charge in [0.1, 0.15) is 24.4 Å². The van der Waals surface area contributed by atoms with Crippen LogP contribution in [0, 0.1) is 0 Å². The van der Waals surface area contributed by atoms with Gasteiger partial charge < -0.3 is 50.0 Å². The molecule has 0 aliphatic carbocycles. The Hall–Kier alpha value is -3.09. The molecular weight excluding hydrogens is 416 g/mol. The first-order valence-corrected chi connectivity index (χ1v) is 9.28. The molecule has 166 valence electrons. The fourth-order valence-electron chi connectivity index (χ4n) is 3.49. The zero-order chi connectivity index (χ0) is 22.4. The first-order chi connectivity index (χ1) is 14.7. The Balaban J connectivity index is 1.59. The quantitative estimate of drug-likeness (QED) is 0.300. The number of hydrogen-bond donors (Lipinski definition) is 7. The van der Waals surface area contributed by atoms with Gasteiger partial charge in [-0.2, -0.15) is 0 Å². The van der Waals surface area contributed by atoms with E-state index in [1.54, 1.807) is 0 Å². The molecule has 0 aromatic heterocycles. The van der Waals surface area contributed by atoms with Crippen molar-refractivity contribution in [2.45, 2.75) is 36.8 Å². The summed E-state index contributed by atoms with van der Waals surface area (Å²) in [6.45, 7) is -0.653. The number of aliphatic hydroxyl groups excluding tert-OH is 4. The standard InChI is InChI=1S/C20H20O11/c21-6-12-14(25)16(27)17(28)20(30-12)29-11-4-2-8-13(24)18(31-19(8)15(11)26)7-1-3-9(22)10(23)5-7/h1-5,12,14,16-18,20-23,25-28H,6H2/t12-,14+,16+,17-,18-,20+/m0/s1. The normalized spacial score (nSPS) is 30.0. The molecule has 1 saturated heterocycles. The van der Waals surface area contributed by atoms with Gasteiger partial charge in [0.2, 0.25) is 17.8 Å². The third kappa shape index (κ3) is 3.52. The molecular formula is C20H20O11. The van der Waals surface area contributed by atoms with Gasteiger partial charge in [0.05, 0.1) is 12.2 Å². The van der Waals surface area contributed by atoms with Crippen molar-refractivity contribution in [1.29, 1.82) is 0 Å². The van der Waals surface area contributed by atoms with Gasteiger partial charge >= 0.3 is 0 Å². The van der Waals surface area contributed by atoms with E-state index in [1.165, 1.54) is 24.3 Å². The number of rotatable bonds is 4. The molecule has 11 heteroatoms. The molecule has 1 fully saturated rings. The lowest BCUT2D eigenvalue weighted by atomic mass is 9.99. The SMILES string of the molecule is O=C1c2ccc(O[C@@H]3O[C@@H](CO)[C@@H](O)[C@@H](O)[C@@H]3O)c(O)c2O[C@H]1c1ccc(O)c(O)c1. The Morgan fingerprint density at radius 2 is 1.68 bits per heavy atom. The Morgan fingerprint density at radius 1 is 0.935 bits per heavy atom. The fourth-order valence-corrected chi connectivity index (χ4v) is 3.49. The topological polar surface area (TPSA) is 186 Å². The van der Waals surface area contributed by atoms with E-state index in [1.807, 2.05) is 0 Å². The highest BCUT2D eigenvalue weighted by atomic mass is 16.7. The van der Waals surface area contributed by atoms with E-state index in [0.717, 1.165) is 6.07 Å². The first kappa shape index (κ1) is 21.2. The van der Waals surface area contributed by atoms with Crippen LogP contribution < -0.4 is 9.47 Å². The lowest BCUT2D eigenvalue weighted by Gasteiger charge is -2.39. The maximum atomic E-state index is 12.7. The second-order valence-corrected chi connectivity index (χ2v) is 7.21. The van der Waals surface area contributed by atoms with Gasteiger partial charge in [-0.25, -0.2) is 0 Å². The van der Waals surface area contributed by atoms with Crippen LogP contribution >= 0.6 is 0 Å². The zero-order valence-corrected chi connectivity index (χ0v) is 15.8. The molecule has 0 unspecified atom stereocenters. The van der Waals surface area contributed by atoms with Crippen molar-refractivity contribution in [3.63, 3.8) is 0 Å². The molecule has 0 saturated carbocycles. The number of benzene rings is 2. The lowest BCUT2D eigenvalue weighted by Crippen LogP contribution is -2.60. The summed E-state index contributed by atoms with van der Waals surface area (Å²) < 4.78 is 16.2. The van der Waals surface area contributed by atoms with Gasteiger partial charge in [0, 0.05) is 5.56 Å². The highest BCUT2D eigenvalue weighted by molar-refractivity contribution is 6.06. The number of carbonyl (C=O) groups excluding carboxylic acids is 1.